The van der Waals surface area contributed by atoms with E-state index in [0.717, 1.165) is 68.1 Å². The van der Waals surface area contributed by atoms with Crippen LogP contribution in [0.4, 0.5) is 5.69 Å². The molecule has 4 rings (SSSR count). The molecule has 0 aliphatic carbocycles. The van der Waals surface area contributed by atoms with Crippen molar-refractivity contribution < 1.29 is 9.59 Å². The van der Waals surface area contributed by atoms with Crippen LogP contribution in [0.2, 0.25) is 0 Å². The van der Waals surface area contributed by atoms with Gasteiger partial charge in [-0.25, -0.2) is 0 Å². The number of nitrogens with zero attached hydrogens (tertiary/aromatic N) is 4. The number of rotatable bonds is 3. The second-order valence-electron chi connectivity index (χ2n) is 7.78. The molecule has 2 aliphatic rings. The molecule has 2 aromatic rings. The first-order valence-corrected chi connectivity index (χ1v) is 10.2. The molecule has 1 atom stereocenters. The van der Waals surface area contributed by atoms with E-state index in [1.165, 1.54) is 6.42 Å². The lowest BCUT2D eigenvalue weighted by atomic mass is 9.97. The highest BCUT2D eigenvalue weighted by atomic mass is 16.2. The van der Waals surface area contributed by atoms with Crippen LogP contribution in [-0.2, 0) is 22.6 Å². The van der Waals surface area contributed by atoms with Gasteiger partial charge in [0, 0.05) is 44.2 Å². The Labute approximate surface area is 165 Å². The van der Waals surface area contributed by atoms with E-state index in [2.05, 4.69) is 20.1 Å². The molecule has 28 heavy (non-hydrogen) atoms. The summed E-state index contributed by atoms with van der Waals surface area (Å²) in [6, 6.07) is 7.81. The van der Waals surface area contributed by atoms with E-state index in [1.807, 2.05) is 24.3 Å². The number of aryl methyl sites for hydroxylation is 1. The Morgan fingerprint density at radius 2 is 2.00 bits per heavy atom. The number of amides is 2. The summed E-state index contributed by atoms with van der Waals surface area (Å²) in [6.07, 6.45) is 6.17. The number of carbonyl (C=O) groups excluding carboxylic acids is 2. The number of aromatic nitrogens is 3. The van der Waals surface area contributed by atoms with Gasteiger partial charge in [-0.15, -0.1) is 10.2 Å². The summed E-state index contributed by atoms with van der Waals surface area (Å²) in [5, 5.41) is 11.8. The van der Waals surface area contributed by atoms with Gasteiger partial charge in [-0.05, 0) is 37.8 Å². The number of fused-ring (bicyclic) bond motifs is 1. The number of benzene rings is 1. The van der Waals surface area contributed by atoms with Crippen molar-refractivity contribution >= 4 is 17.5 Å². The third kappa shape index (κ3) is 3.93. The molecule has 148 valence electrons. The van der Waals surface area contributed by atoms with Crippen LogP contribution in [0, 0.1) is 5.92 Å². The molecular weight excluding hydrogens is 354 g/mol. The predicted octanol–water partition coefficient (Wildman–Crippen LogP) is 2.87. The summed E-state index contributed by atoms with van der Waals surface area (Å²) in [7, 11) is 0. The van der Waals surface area contributed by atoms with Gasteiger partial charge in [0.05, 0.1) is 5.92 Å². The van der Waals surface area contributed by atoms with Crippen molar-refractivity contribution in [2.75, 3.05) is 18.4 Å². The quantitative estimate of drug-likeness (QED) is 0.887. The topological polar surface area (TPSA) is 80.1 Å². The molecule has 1 aromatic heterocycles. The zero-order valence-electron chi connectivity index (χ0n) is 16.4. The minimum absolute atomic E-state index is 0.0248. The lowest BCUT2D eigenvalue weighted by molar-refractivity contribution is -0.132. The fourth-order valence-electron chi connectivity index (χ4n) is 4.16. The van der Waals surface area contributed by atoms with Gasteiger partial charge in [-0.1, -0.05) is 18.6 Å². The molecule has 0 bridgehead atoms. The maximum atomic E-state index is 12.7. The van der Waals surface area contributed by atoms with Gasteiger partial charge in [-0.2, -0.15) is 0 Å². The molecule has 1 saturated heterocycles. The van der Waals surface area contributed by atoms with E-state index in [4.69, 9.17) is 0 Å². The Morgan fingerprint density at radius 1 is 1.11 bits per heavy atom. The van der Waals surface area contributed by atoms with Crippen molar-refractivity contribution in [3.05, 3.63) is 30.1 Å². The molecule has 3 heterocycles. The third-order valence-electron chi connectivity index (χ3n) is 5.74. The van der Waals surface area contributed by atoms with Gasteiger partial charge in [0.1, 0.15) is 5.82 Å². The summed E-state index contributed by atoms with van der Waals surface area (Å²) in [6.45, 7) is 3.74. The van der Waals surface area contributed by atoms with Crippen LogP contribution in [0.25, 0.3) is 11.4 Å². The molecule has 1 N–H and O–H groups in total. The molecule has 2 amide bonds. The van der Waals surface area contributed by atoms with Crippen LogP contribution in [0.15, 0.2) is 24.3 Å². The molecule has 0 saturated carbocycles. The minimum atomic E-state index is -0.161. The first-order valence-electron chi connectivity index (χ1n) is 10.2. The molecule has 0 unspecified atom stereocenters. The maximum absolute atomic E-state index is 12.7. The number of likely N-dealkylation sites (tertiary alicyclic amines) is 1. The zero-order chi connectivity index (χ0) is 19.5. The first-order chi connectivity index (χ1) is 13.6. The lowest BCUT2D eigenvalue weighted by Crippen LogP contribution is -2.42. The number of nitrogens with one attached hydrogen (secondary N) is 1. The highest BCUT2D eigenvalue weighted by Gasteiger charge is 2.27. The summed E-state index contributed by atoms with van der Waals surface area (Å²) >= 11 is 0. The standard InChI is InChI=1S/C21H27N5O2/c1-15(27)25-11-6-8-17(14-25)21(28)22-18-9-5-7-16(13-18)20-24-23-19-10-3-2-4-12-26(19)20/h5,7,9,13,17H,2-4,6,8,10-12,14H2,1H3,(H,22,28)/t17-/m1/s1. The average Bonchev–Trinajstić information content (AvgIpc) is 2.96. The largest absolute Gasteiger partial charge is 0.342 e. The maximum Gasteiger partial charge on any atom is 0.229 e. The monoisotopic (exact) mass is 381 g/mol. The average molecular weight is 381 g/mol. The fourth-order valence-corrected chi connectivity index (χ4v) is 4.16. The molecular formula is C21H27N5O2. The van der Waals surface area contributed by atoms with Gasteiger partial charge in [0.2, 0.25) is 11.8 Å². The smallest absolute Gasteiger partial charge is 0.229 e. The Hall–Kier alpha value is -2.70. The number of piperidine rings is 1. The van der Waals surface area contributed by atoms with Crippen molar-refractivity contribution in [3.8, 4) is 11.4 Å². The van der Waals surface area contributed by atoms with Crippen LogP contribution < -0.4 is 5.32 Å². The summed E-state index contributed by atoms with van der Waals surface area (Å²) in [4.78, 5) is 26.1. The second-order valence-corrected chi connectivity index (χ2v) is 7.78. The number of hydrogen-bond donors (Lipinski definition) is 1. The van der Waals surface area contributed by atoms with E-state index in [1.54, 1.807) is 11.8 Å². The van der Waals surface area contributed by atoms with E-state index in [-0.39, 0.29) is 17.7 Å². The molecule has 0 radical (unpaired) electrons. The van der Waals surface area contributed by atoms with Gasteiger partial charge in [0.25, 0.3) is 0 Å². The van der Waals surface area contributed by atoms with Crippen molar-refractivity contribution in [3.63, 3.8) is 0 Å². The predicted molar refractivity (Wildman–Crippen MR) is 107 cm³/mol. The lowest BCUT2D eigenvalue weighted by Gasteiger charge is -2.31. The summed E-state index contributed by atoms with van der Waals surface area (Å²) in [5.41, 5.74) is 1.72. The van der Waals surface area contributed by atoms with Gasteiger partial charge in [-0.3, -0.25) is 9.59 Å². The molecule has 2 aliphatic heterocycles. The summed E-state index contributed by atoms with van der Waals surface area (Å²) in [5.74, 6) is 1.77. The van der Waals surface area contributed by atoms with Crippen molar-refractivity contribution in [2.45, 2.75) is 52.0 Å². The zero-order valence-corrected chi connectivity index (χ0v) is 16.4. The van der Waals surface area contributed by atoms with Crippen LogP contribution in [0.5, 0.6) is 0 Å². The van der Waals surface area contributed by atoms with Gasteiger partial charge >= 0.3 is 0 Å². The van der Waals surface area contributed by atoms with Gasteiger partial charge in [0.15, 0.2) is 5.82 Å². The SMILES string of the molecule is CC(=O)N1CCC[C@@H](C(=O)Nc2cccc(-c3nnc4n3CCCCC4)c2)C1. The van der Waals surface area contributed by atoms with E-state index < -0.39 is 0 Å². The van der Waals surface area contributed by atoms with Crippen LogP contribution in [0.1, 0.15) is 44.9 Å². The van der Waals surface area contributed by atoms with Crippen LogP contribution >= 0.6 is 0 Å². The summed E-state index contributed by atoms with van der Waals surface area (Å²) < 4.78 is 2.21. The van der Waals surface area contributed by atoms with E-state index in [0.29, 0.717) is 6.54 Å². The van der Waals surface area contributed by atoms with Crippen LogP contribution in [0.3, 0.4) is 0 Å². The fraction of sp³-hybridized carbons (Fsp3) is 0.524. The molecule has 7 nitrogen and oxygen atoms in total. The third-order valence-corrected chi connectivity index (χ3v) is 5.74. The minimum Gasteiger partial charge on any atom is -0.342 e. The Morgan fingerprint density at radius 3 is 2.86 bits per heavy atom. The highest BCUT2D eigenvalue weighted by Crippen LogP contribution is 2.26. The first kappa shape index (κ1) is 18.7. The van der Waals surface area contributed by atoms with E-state index in [9.17, 15) is 9.59 Å². The van der Waals surface area contributed by atoms with Crippen LogP contribution in [-0.4, -0.2) is 44.6 Å². The van der Waals surface area contributed by atoms with Crippen molar-refractivity contribution in [1.82, 2.24) is 19.7 Å². The highest BCUT2D eigenvalue weighted by molar-refractivity contribution is 5.93. The number of anilines is 1. The second kappa shape index (κ2) is 8.12. The normalized spacial score (nSPS) is 19.6. The molecule has 1 fully saturated rings. The molecule has 1 aromatic carbocycles. The van der Waals surface area contributed by atoms with Crippen molar-refractivity contribution in [2.24, 2.45) is 5.92 Å². The Bertz CT molecular complexity index is 875. The number of hydrogen-bond acceptors (Lipinski definition) is 4. The molecule has 7 heteroatoms. The van der Waals surface area contributed by atoms with Gasteiger partial charge < -0.3 is 14.8 Å². The Kier molecular flexibility index (Phi) is 5.41. The Balaban J connectivity index is 1.49. The molecule has 0 spiro atoms. The van der Waals surface area contributed by atoms with E-state index >= 15 is 0 Å². The number of carbonyl (C=O) groups is 2. The van der Waals surface area contributed by atoms with Crippen molar-refractivity contribution in [1.29, 1.82) is 0 Å².